The van der Waals surface area contributed by atoms with Crippen LogP contribution in [0, 0.1) is 5.82 Å². The van der Waals surface area contributed by atoms with Crippen LogP contribution < -0.4 is 10.1 Å². The number of nitrogens with zero attached hydrogens (tertiary/aromatic N) is 2. The summed E-state index contributed by atoms with van der Waals surface area (Å²) in [5.74, 6) is -1.57. The molecule has 0 aliphatic carbocycles. The smallest absolute Gasteiger partial charge is 0.285 e. The minimum atomic E-state index is -0.730. The molecule has 0 bridgehead atoms. The number of halogens is 2. The number of thioether (sulfide) groups is 1. The molecule has 0 saturated heterocycles. The van der Waals surface area contributed by atoms with Crippen molar-refractivity contribution in [3.63, 3.8) is 0 Å². The van der Waals surface area contributed by atoms with E-state index in [0.29, 0.717) is 27.0 Å². The SMILES string of the molecule is C=C/C=C\C(=C/C)N1C(=O)/C(=C/c2ccc(OCc3cccc(F)c3)c(Br)c2)C(=O)N=C1SCC(=O)NC(c1ccccc1)c1ccccc1. The Kier molecular flexibility index (Phi) is 12.5. The van der Waals surface area contributed by atoms with Crippen LogP contribution in [0.4, 0.5) is 4.39 Å². The first-order valence-electron chi connectivity index (χ1n) is 15.6. The summed E-state index contributed by atoms with van der Waals surface area (Å²) in [5, 5.41) is 3.16. The van der Waals surface area contributed by atoms with E-state index in [2.05, 4.69) is 32.8 Å². The molecule has 0 spiro atoms. The number of rotatable bonds is 12. The molecule has 1 N–H and O–H groups in total. The average Bonchev–Trinajstić information content (AvgIpc) is 3.13. The Labute approximate surface area is 303 Å². The number of amidine groups is 1. The lowest BCUT2D eigenvalue weighted by Gasteiger charge is -2.28. The first-order valence-corrected chi connectivity index (χ1v) is 17.4. The van der Waals surface area contributed by atoms with Gasteiger partial charge in [0.15, 0.2) is 5.17 Å². The van der Waals surface area contributed by atoms with Crippen LogP contribution in [0.1, 0.15) is 35.2 Å². The van der Waals surface area contributed by atoms with Gasteiger partial charge in [0.2, 0.25) is 5.91 Å². The number of ether oxygens (including phenoxy) is 1. The Morgan fingerprint density at radius 3 is 2.32 bits per heavy atom. The van der Waals surface area contributed by atoms with E-state index in [1.807, 2.05) is 60.7 Å². The van der Waals surface area contributed by atoms with E-state index in [1.54, 1.807) is 61.6 Å². The number of hydrogen-bond acceptors (Lipinski definition) is 5. The molecule has 3 amide bonds. The molecule has 50 heavy (non-hydrogen) atoms. The Morgan fingerprint density at radius 2 is 1.70 bits per heavy atom. The molecule has 0 fully saturated rings. The van der Waals surface area contributed by atoms with Crippen LogP contribution in [-0.4, -0.2) is 33.5 Å². The number of nitrogens with one attached hydrogen (secondary N) is 1. The van der Waals surface area contributed by atoms with Crippen LogP contribution in [0.5, 0.6) is 5.75 Å². The topological polar surface area (TPSA) is 88.1 Å². The van der Waals surface area contributed by atoms with E-state index in [9.17, 15) is 18.8 Å². The summed E-state index contributed by atoms with van der Waals surface area (Å²) in [5.41, 5.74) is 3.35. The van der Waals surface area contributed by atoms with E-state index >= 15 is 0 Å². The second-order valence-corrected chi connectivity index (χ2v) is 12.7. The van der Waals surface area contributed by atoms with Gasteiger partial charge in [0.1, 0.15) is 23.7 Å². The van der Waals surface area contributed by atoms with Crippen LogP contribution in [0.25, 0.3) is 6.08 Å². The van der Waals surface area contributed by atoms with Crippen LogP contribution in [0.2, 0.25) is 0 Å². The minimum absolute atomic E-state index is 0.0763. The van der Waals surface area contributed by atoms with E-state index in [-0.39, 0.29) is 34.8 Å². The zero-order valence-corrected chi connectivity index (χ0v) is 29.5. The highest BCUT2D eigenvalue weighted by atomic mass is 79.9. The van der Waals surface area contributed by atoms with Crippen LogP contribution in [0.3, 0.4) is 0 Å². The molecule has 252 valence electrons. The maximum absolute atomic E-state index is 14.0. The molecule has 7 nitrogen and oxygen atoms in total. The van der Waals surface area contributed by atoms with E-state index < -0.39 is 17.9 Å². The molecule has 1 aliphatic rings. The van der Waals surface area contributed by atoms with Crippen molar-refractivity contribution in [2.24, 2.45) is 4.99 Å². The van der Waals surface area contributed by atoms with Gasteiger partial charge in [0.25, 0.3) is 11.8 Å². The highest BCUT2D eigenvalue weighted by Crippen LogP contribution is 2.30. The minimum Gasteiger partial charge on any atom is -0.488 e. The van der Waals surface area contributed by atoms with Gasteiger partial charge in [-0.15, -0.1) is 0 Å². The Bertz CT molecular complexity index is 1970. The maximum Gasteiger partial charge on any atom is 0.285 e. The number of hydrogen-bond donors (Lipinski definition) is 1. The van der Waals surface area contributed by atoms with Crippen LogP contribution in [0.15, 0.2) is 155 Å². The maximum atomic E-state index is 14.0. The fourth-order valence-corrected chi connectivity index (χ4v) is 6.39. The van der Waals surface area contributed by atoms with Gasteiger partial charge >= 0.3 is 0 Å². The molecule has 5 rings (SSSR count). The molecule has 1 aliphatic heterocycles. The lowest BCUT2D eigenvalue weighted by atomic mass is 9.99. The third kappa shape index (κ3) is 9.22. The lowest BCUT2D eigenvalue weighted by Crippen LogP contribution is -2.42. The number of amides is 3. The molecule has 0 atom stereocenters. The van der Waals surface area contributed by atoms with Gasteiger partial charge in [0.05, 0.1) is 16.3 Å². The van der Waals surface area contributed by atoms with Gasteiger partial charge in [-0.2, -0.15) is 4.99 Å². The number of carbonyl (C=O) groups excluding carboxylic acids is 3. The molecule has 0 aromatic heterocycles. The fraction of sp³-hybridized carbons (Fsp3) is 0.100. The van der Waals surface area contributed by atoms with Gasteiger partial charge in [-0.25, -0.2) is 4.39 Å². The molecular formula is C40H33BrFN3O4S. The third-order valence-corrected chi connectivity index (χ3v) is 9.02. The lowest BCUT2D eigenvalue weighted by molar-refractivity contribution is -0.126. The van der Waals surface area contributed by atoms with Crippen LogP contribution in [-0.2, 0) is 21.0 Å². The quantitative estimate of drug-likeness (QED) is 0.0891. The Balaban J connectivity index is 1.37. The van der Waals surface area contributed by atoms with E-state index in [1.165, 1.54) is 23.1 Å². The van der Waals surface area contributed by atoms with E-state index in [0.717, 1.165) is 22.9 Å². The summed E-state index contributed by atoms with van der Waals surface area (Å²) in [7, 11) is 0. The van der Waals surface area contributed by atoms with Gasteiger partial charge in [0, 0.05) is 5.70 Å². The molecule has 1 heterocycles. The fourth-order valence-electron chi connectivity index (χ4n) is 5.07. The van der Waals surface area contributed by atoms with Crippen molar-refractivity contribution in [1.82, 2.24) is 10.2 Å². The van der Waals surface area contributed by atoms with Crippen molar-refractivity contribution in [2.45, 2.75) is 19.6 Å². The number of allylic oxidation sites excluding steroid dienone is 4. The van der Waals surface area contributed by atoms with Crippen molar-refractivity contribution in [1.29, 1.82) is 0 Å². The molecule has 4 aromatic rings. The molecule has 4 aromatic carbocycles. The predicted octanol–water partition coefficient (Wildman–Crippen LogP) is 8.56. The van der Waals surface area contributed by atoms with Crippen molar-refractivity contribution in [3.05, 3.63) is 178 Å². The molecule has 10 heteroatoms. The predicted molar refractivity (Wildman–Crippen MR) is 201 cm³/mol. The van der Waals surface area contributed by atoms with Crippen molar-refractivity contribution in [2.75, 3.05) is 5.75 Å². The van der Waals surface area contributed by atoms with Crippen molar-refractivity contribution < 1.29 is 23.5 Å². The molecular weight excluding hydrogens is 717 g/mol. The summed E-state index contributed by atoms with van der Waals surface area (Å²) in [4.78, 5) is 46.4. The largest absolute Gasteiger partial charge is 0.488 e. The summed E-state index contributed by atoms with van der Waals surface area (Å²) < 4.78 is 20.0. The average molecular weight is 751 g/mol. The standard InChI is InChI=1S/C40H33BrFN3O4S/c1-3-5-19-32(4-2)45-39(48)33(23-27-20-21-35(34(41)24-27)49-25-28-13-12-18-31(42)22-28)38(47)44-40(45)50-26-36(46)43-37(29-14-8-6-9-15-29)30-16-10-7-11-17-30/h3-24,37H,1,25-26H2,2H3,(H,43,46)/b19-5-,32-4+,33-23+. The number of aliphatic imine (C=N–C) groups is 1. The number of benzene rings is 4. The third-order valence-electron chi connectivity index (χ3n) is 7.46. The van der Waals surface area contributed by atoms with Crippen molar-refractivity contribution in [3.8, 4) is 5.75 Å². The summed E-state index contributed by atoms with van der Waals surface area (Å²) in [6, 6.07) is 30.1. The zero-order valence-electron chi connectivity index (χ0n) is 27.1. The van der Waals surface area contributed by atoms with Gasteiger partial charge in [-0.3, -0.25) is 19.3 Å². The van der Waals surface area contributed by atoms with Gasteiger partial charge in [-0.1, -0.05) is 115 Å². The second kappa shape index (κ2) is 17.4. The summed E-state index contributed by atoms with van der Waals surface area (Å²) in [6.07, 6.45) is 8.09. The summed E-state index contributed by atoms with van der Waals surface area (Å²) >= 11 is 4.48. The zero-order chi connectivity index (χ0) is 35.5. The highest BCUT2D eigenvalue weighted by Gasteiger charge is 2.35. The molecule has 0 radical (unpaired) electrons. The second-order valence-electron chi connectivity index (χ2n) is 10.9. The van der Waals surface area contributed by atoms with E-state index in [4.69, 9.17) is 4.74 Å². The summed E-state index contributed by atoms with van der Waals surface area (Å²) in [6.45, 7) is 5.63. The molecule has 0 unspecified atom stereocenters. The van der Waals surface area contributed by atoms with Gasteiger partial charge in [-0.05, 0) is 81.5 Å². The monoisotopic (exact) mass is 749 g/mol. The number of carbonyl (C=O) groups is 3. The highest BCUT2D eigenvalue weighted by molar-refractivity contribution is 9.10. The first kappa shape index (κ1) is 36.0. The molecule has 0 saturated carbocycles. The van der Waals surface area contributed by atoms with Crippen LogP contribution >= 0.6 is 27.7 Å². The Morgan fingerprint density at radius 1 is 1.00 bits per heavy atom. The van der Waals surface area contributed by atoms with Crippen molar-refractivity contribution >= 4 is 56.7 Å². The normalized spacial score (nSPS) is 14.3. The Hall–Kier alpha value is -5.32. The first-order chi connectivity index (χ1) is 24.3. The van der Waals surface area contributed by atoms with Gasteiger partial charge < -0.3 is 10.1 Å².